The Labute approximate surface area is 259 Å². The first kappa shape index (κ1) is 33.5. The number of rotatable bonds is 4. The molecule has 0 amide bonds. The molecule has 0 aliphatic carbocycles. The molecule has 3 aromatic carbocycles. The molecule has 42 heavy (non-hydrogen) atoms. The number of phenols is 2. The maximum atomic E-state index is 11.5. The van der Waals surface area contributed by atoms with E-state index in [-0.39, 0.29) is 34.1 Å². The van der Waals surface area contributed by atoms with E-state index in [4.69, 9.17) is 0 Å². The molecule has 0 spiro atoms. The van der Waals surface area contributed by atoms with E-state index in [1.807, 2.05) is 0 Å². The number of hydrogen-bond acceptors (Lipinski definition) is 2. The van der Waals surface area contributed by atoms with Gasteiger partial charge in [-0.05, 0) is 68.2 Å². The molecule has 0 unspecified atom stereocenters. The summed E-state index contributed by atoms with van der Waals surface area (Å²) in [6, 6.07) is 17.1. The average molecular weight is 591 g/mol. The second-order valence-corrected chi connectivity index (χ2v) is 15.9. The van der Waals surface area contributed by atoms with Crippen LogP contribution >= 0.6 is 0 Å². The predicted octanol–water partition coefficient (Wildman–Crippen LogP) is 5.63. The Balaban J connectivity index is 0.00000484. The third-order valence-corrected chi connectivity index (χ3v) is 8.19. The lowest BCUT2D eigenvalue weighted by Crippen LogP contribution is -3.00. The van der Waals surface area contributed by atoms with Gasteiger partial charge in [-0.15, -0.1) is 0 Å². The first-order valence-corrected chi connectivity index (χ1v) is 14.9. The molecule has 0 fully saturated rings. The highest BCUT2D eigenvalue weighted by molar-refractivity contribution is 5.72. The van der Waals surface area contributed by atoms with E-state index in [1.165, 1.54) is 11.1 Å². The number of nitrogens with zero attached hydrogens (tertiary/aromatic N) is 2. The van der Waals surface area contributed by atoms with Crippen LogP contribution in [0.1, 0.15) is 116 Å². The lowest BCUT2D eigenvalue weighted by Gasteiger charge is -2.27. The topological polar surface area (TPSA) is 49.3 Å². The van der Waals surface area contributed by atoms with Gasteiger partial charge < -0.3 is 22.6 Å². The van der Waals surface area contributed by atoms with Crippen LogP contribution < -0.4 is 17.0 Å². The van der Waals surface area contributed by atoms with E-state index in [2.05, 4.69) is 147 Å². The standard InChI is InChI=1S/C37H50N2O2.ClH/c1-34(2,3)26-17-24(32(40)28(19-26)36(7,8)9)21-38-23-39(31-16-14-13-15-30(31)38)22-25-18-27(35(4,5)6)20-29(33(25)41)37(10,11)12;/h13-20,23H,21-22H2,1-12H3,(H-,40,41);1H. The van der Waals surface area contributed by atoms with Crippen LogP contribution in [0.15, 0.2) is 54.9 Å². The van der Waals surface area contributed by atoms with Crippen LogP contribution in [0.4, 0.5) is 0 Å². The fraction of sp³-hybridized carbons (Fsp3) is 0.486. The molecule has 2 N–H and O–H groups in total. The second kappa shape index (κ2) is 11.3. The molecule has 0 radical (unpaired) electrons. The van der Waals surface area contributed by atoms with E-state index in [1.54, 1.807) is 0 Å². The van der Waals surface area contributed by atoms with Crippen molar-refractivity contribution < 1.29 is 27.2 Å². The number of hydrogen-bond donors (Lipinski definition) is 2. The monoisotopic (exact) mass is 590 g/mol. The summed E-state index contributed by atoms with van der Waals surface area (Å²) in [4.78, 5) is 0. The number of para-hydroxylation sites is 2. The normalized spacial score (nSPS) is 13.0. The van der Waals surface area contributed by atoms with Gasteiger partial charge in [0.2, 0.25) is 6.33 Å². The van der Waals surface area contributed by atoms with Crippen LogP contribution in [0.2, 0.25) is 0 Å². The Bertz CT molecular complexity index is 1470. The third kappa shape index (κ3) is 6.80. The van der Waals surface area contributed by atoms with Crippen molar-refractivity contribution in [2.75, 3.05) is 0 Å². The van der Waals surface area contributed by atoms with Crippen LogP contribution in [0.3, 0.4) is 0 Å². The Kier molecular flexibility index (Phi) is 8.99. The van der Waals surface area contributed by atoms with Crippen LogP contribution in [0, 0.1) is 0 Å². The highest BCUT2D eigenvalue weighted by Crippen LogP contribution is 2.39. The molecule has 0 atom stereocenters. The third-order valence-electron chi connectivity index (χ3n) is 8.19. The molecule has 0 saturated heterocycles. The van der Waals surface area contributed by atoms with E-state index in [9.17, 15) is 10.2 Å². The SMILES string of the molecule is CC(C)(C)c1cc(Cn2c[n+](Cc3cc(C(C)(C)C)cc(C(C)(C)C)c3O)c3ccccc32)c(O)c(C(C)(C)C)c1.[Cl-]. The Hall–Kier alpha value is -2.98. The highest BCUT2D eigenvalue weighted by atomic mass is 35.5. The summed E-state index contributed by atoms with van der Waals surface area (Å²) in [6.07, 6.45) is 2.13. The number of aromatic hydroxyl groups is 2. The van der Waals surface area contributed by atoms with Crippen molar-refractivity contribution in [3.05, 3.63) is 88.2 Å². The van der Waals surface area contributed by atoms with Gasteiger partial charge >= 0.3 is 0 Å². The summed E-state index contributed by atoms with van der Waals surface area (Å²) >= 11 is 0. The van der Waals surface area contributed by atoms with Gasteiger partial charge in [-0.25, -0.2) is 9.13 Å². The van der Waals surface area contributed by atoms with Gasteiger partial charge in [-0.2, -0.15) is 0 Å². The summed E-state index contributed by atoms with van der Waals surface area (Å²) in [6.45, 7) is 27.3. The maximum Gasteiger partial charge on any atom is 0.245 e. The van der Waals surface area contributed by atoms with Gasteiger partial charge in [0, 0.05) is 11.1 Å². The number of imidazole rings is 1. The molecule has 4 nitrogen and oxygen atoms in total. The van der Waals surface area contributed by atoms with Crippen LogP contribution in [0.5, 0.6) is 11.5 Å². The minimum atomic E-state index is -0.181. The lowest BCUT2D eigenvalue weighted by atomic mass is 9.79. The van der Waals surface area contributed by atoms with Crippen molar-refractivity contribution in [1.82, 2.24) is 4.57 Å². The minimum absolute atomic E-state index is 0. The zero-order valence-electron chi connectivity index (χ0n) is 27.8. The van der Waals surface area contributed by atoms with Crippen LogP contribution in [0.25, 0.3) is 11.0 Å². The molecule has 228 valence electrons. The minimum Gasteiger partial charge on any atom is -1.00 e. The number of fused-ring (bicyclic) bond motifs is 1. The number of benzene rings is 3. The van der Waals surface area contributed by atoms with Crippen LogP contribution in [-0.2, 0) is 34.7 Å². The predicted molar refractivity (Wildman–Crippen MR) is 171 cm³/mol. The Morgan fingerprint density at radius 1 is 0.619 bits per heavy atom. The first-order valence-electron chi connectivity index (χ1n) is 14.9. The van der Waals surface area contributed by atoms with Crippen molar-refractivity contribution in [2.24, 2.45) is 0 Å². The quantitative estimate of drug-likeness (QED) is 0.303. The van der Waals surface area contributed by atoms with Gasteiger partial charge in [0.25, 0.3) is 0 Å². The second-order valence-electron chi connectivity index (χ2n) is 15.9. The smallest absolute Gasteiger partial charge is 0.245 e. The van der Waals surface area contributed by atoms with E-state index >= 15 is 0 Å². The lowest BCUT2D eigenvalue weighted by molar-refractivity contribution is -0.663. The van der Waals surface area contributed by atoms with E-state index in [0.29, 0.717) is 24.6 Å². The summed E-state index contributed by atoms with van der Waals surface area (Å²) in [7, 11) is 0. The summed E-state index contributed by atoms with van der Waals surface area (Å²) < 4.78 is 4.44. The first-order chi connectivity index (χ1) is 18.7. The molecular weight excluding hydrogens is 540 g/mol. The highest BCUT2D eigenvalue weighted by Gasteiger charge is 2.28. The van der Waals surface area contributed by atoms with Gasteiger partial charge in [0.05, 0.1) is 0 Å². The number of halogens is 1. The molecule has 0 bridgehead atoms. The van der Waals surface area contributed by atoms with Gasteiger partial charge in [-0.1, -0.05) is 107 Å². The molecule has 1 heterocycles. The Morgan fingerprint density at radius 2 is 1.07 bits per heavy atom. The molecule has 0 aliphatic rings. The van der Waals surface area contributed by atoms with E-state index < -0.39 is 0 Å². The number of aromatic nitrogens is 2. The largest absolute Gasteiger partial charge is 1.00 e. The molecule has 1 aromatic heterocycles. The summed E-state index contributed by atoms with van der Waals surface area (Å²) in [5.74, 6) is 0.750. The molecule has 4 rings (SSSR count). The van der Waals surface area contributed by atoms with Crippen molar-refractivity contribution in [3.63, 3.8) is 0 Å². The van der Waals surface area contributed by atoms with E-state index in [0.717, 1.165) is 33.3 Å². The maximum absolute atomic E-state index is 11.5. The zero-order valence-corrected chi connectivity index (χ0v) is 28.5. The van der Waals surface area contributed by atoms with Gasteiger partial charge in [-0.3, -0.25) is 0 Å². The summed E-state index contributed by atoms with van der Waals surface area (Å²) in [5.41, 5.74) is 7.97. The van der Waals surface area contributed by atoms with Gasteiger partial charge in [0.1, 0.15) is 24.6 Å². The molecule has 0 aliphatic heterocycles. The summed E-state index contributed by atoms with van der Waals surface area (Å²) in [5, 5.41) is 23.0. The van der Waals surface area contributed by atoms with Crippen molar-refractivity contribution in [1.29, 1.82) is 0 Å². The zero-order chi connectivity index (χ0) is 30.7. The number of phenolic OH excluding ortho intramolecular Hbond substituents is 2. The molecule has 4 aromatic rings. The average Bonchev–Trinajstić information content (AvgIpc) is 3.15. The fourth-order valence-electron chi connectivity index (χ4n) is 5.50. The van der Waals surface area contributed by atoms with Crippen molar-refractivity contribution in [3.8, 4) is 11.5 Å². The van der Waals surface area contributed by atoms with Gasteiger partial charge in [0.15, 0.2) is 11.0 Å². The molecule has 0 saturated carbocycles. The van der Waals surface area contributed by atoms with Crippen LogP contribution in [-0.4, -0.2) is 14.8 Å². The molecule has 5 heteroatoms. The van der Waals surface area contributed by atoms with Crippen molar-refractivity contribution >= 4 is 11.0 Å². The molecular formula is C37H51ClN2O2. The fourth-order valence-corrected chi connectivity index (χ4v) is 5.50. The Morgan fingerprint density at radius 3 is 1.55 bits per heavy atom. The van der Waals surface area contributed by atoms with Crippen molar-refractivity contribution in [2.45, 2.75) is 118 Å².